The smallest absolute Gasteiger partial charge is 0.319 e. The van der Waals surface area contributed by atoms with Crippen LogP contribution in [-0.2, 0) is 11.3 Å². The van der Waals surface area contributed by atoms with E-state index >= 15 is 0 Å². The summed E-state index contributed by atoms with van der Waals surface area (Å²) in [6, 6.07) is 6.80. The van der Waals surface area contributed by atoms with Crippen LogP contribution in [0.5, 0.6) is 0 Å². The summed E-state index contributed by atoms with van der Waals surface area (Å²) in [5, 5.41) is 21.4. The predicted octanol–water partition coefficient (Wildman–Crippen LogP) is 1.88. The van der Waals surface area contributed by atoms with E-state index in [-0.39, 0.29) is 36.0 Å². The van der Waals surface area contributed by atoms with Crippen molar-refractivity contribution in [1.82, 2.24) is 29.5 Å². The Hall–Kier alpha value is -3.73. The van der Waals surface area contributed by atoms with Crippen molar-refractivity contribution in [2.75, 3.05) is 18.4 Å². The molecule has 2 fully saturated rings. The molecule has 1 aromatic carbocycles. The molecular weight excluding hydrogens is 462 g/mol. The fourth-order valence-corrected chi connectivity index (χ4v) is 4.60. The molecule has 1 saturated carbocycles. The highest BCUT2D eigenvalue weighted by molar-refractivity contribution is 5.89. The Morgan fingerprint density at radius 1 is 1.22 bits per heavy atom. The van der Waals surface area contributed by atoms with Crippen LogP contribution in [0.1, 0.15) is 39.5 Å². The van der Waals surface area contributed by atoms with Gasteiger partial charge in [0.2, 0.25) is 5.91 Å². The van der Waals surface area contributed by atoms with Gasteiger partial charge < -0.3 is 20.6 Å². The molecule has 3 heterocycles. The summed E-state index contributed by atoms with van der Waals surface area (Å²) in [6.45, 7) is 4.85. The molecule has 0 spiro atoms. The van der Waals surface area contributed by atoms with Crippen LogP contribution in [0.2, 0.25) is 0 Å². The Morgan fingerprint density at radius 2 is 1.97 bits per heavy atom. The molecule has 11 nitrogen and oxygen atoms in total. The van der Waals surface area contributed by atoms with E-state index in [1.807, 2.05) is 24.8 Å². The van der Waals surface area contributed by atoms with Gasteiger partial charge >= 0.3 is 6.03 Å². The van der Waals surface area contributed by atoms with Crippen LogP contribution in [0.25, 0.3) is 16.7 Å². The highest BCUT2D eigenvalue weighted by Gasteiger charge is 2.39. The lowest BCUT2D eigenvalue weighted by Crippen LogP contribution is -2.50. The van der Waals surface area contributed by atoms with Gasteiger partial charge in [-0.15, -0.1) is 0 Å². The number of aromatic nitrogens is 4. The fraction of sp³-hybridized carbons (Fsp3) is 0.480. The number of rotatable bonds is 6. The van der Waals surface area contributed by atoms with Crippen molar-refractivity contribution in [1.29, 1.82) is 0 Å². The second-order valence-electron chi connectivity index (χ2n) is 10.1. The zero-order chi connectivity index (χ0) is 25.4. The molecule has 3 amide bonds. The number of hydrogen-bond donors (Lipinski definition) is 3. The van der Waals surface area contributed by atoms with E-state index < -0.39 is 5.60 Å². The number of amides is 3. The van der Waals surface area contributed by atoms with Gasteiger partial charge in [0.15, 0.2) is 5.65 Å². The molecule has 3 N–H and O–H groups in total. The van der Waals surface area contributed by atoms with Crippen molar-refractivity contribution < 1.29 is 14.7 Å². The van der Waals surface area contributed by atoms with Gasteiger partial charge in [-0.25, -0.2) is 14.5 Å². The van der Waals surface area contributed by atoms with E-state index in [1.165, 1.54) is 17.1 Å². The topological polar surface area (TPSA) is 134 Å². The number of urea groups is 1. The summed E-state index contributed by atoms with van der Waals surface area (Å²) in [5.74, 6) is 0.347. The van der Waals surface area contributed by atoms with E-state index in [1.54, 1.807) is 22.9 Å². The number of piperidine rings is 1. The average Bonchev–Trinajstić information content (AvgIpc) is 3.59. The maximum absolute atomic E-state index is 13.2. The Labute approximate surface area is 208 Å². The Kier molecular flexibility index (Phi) is 6.25. The molecule has 1 aliphatic carbocycles. The fourth-order valence-electron chi connectivity index (χ4n) is 4.60. The minimum atomic E-state index is -1.08. The summed E-state index contributed by atoms with van der Waals surface area (Å²) in [6.07, 6.45) is 5.65. The number of hydrogen-bond acceptors (Lipinski definition) is 6. The standard InChI is InChI=1S/C25H31N7O4/c1-16(2)28-24(35)29-18-4-3-5-19(12-18)32-21-20(13-27-32)23(34)31(15-26-21)14-25(36)8-10-30(11-9-25)22(33)17-6-7-17/h3-5,12-13,15-17,36H,6-11,14H2,1-2H3,(H2,28,29,35). The predicted molar refractivity (Wildman–Crippen MR) is 134 cm³/mol. The number of benzene rings is 1. The van der Waals surface area contributed by atoms with Gasteiger partial charge in [0.1, 0.15) is 11.7 Å². The van der Waals surface area contributed by atoms with E-state index in [2.05, 4.69) is 20.7 Å². The van der Waals surface area contributed by atoms with Crippen LogP contribution in [0.3, 0.4) is 0 Å². The Morgan fingerprint density at radius 3 is 2.67 bits per heavy atom. The van der Waals surface area contributed by atoms with Gasteiger partial charge in [0, 0.05) is 30.7 Å². The maximum Gasteiger partial charge on any atom is 0.319 e. The minimum absolute atomic E-state index is 0.00505. The molecule has 3 aromatic rings. The number of nitrogens with one attached hydrogen (secondary N) is 2. The van der Waals surface area contributed by atoms with E-state index in [0.29, 0.717) is 48.3 Å². The van der Waals surface area contributed by atoms with Crippen molar-refractivity contribution in [2.24, 2.45) is 5.92 Å². The first-order chi connectivity index (χ1) is 17.2. The summed E-state index contributed by atoms with van der Waals surface area (Å²) in [4.78, 5) is 43.9. The Bertz CT molecular complexity index is 1350. The van der Waals surface area contributed by atoms with Crippen molar-refractivity contribution in [3.05, 3.63) is 47.1 Å². The number of likely N-dealkylation sites (tertiary alicyclic amines) is 1. The molecule has 0 atom stereocenters. The Balaban J connectivity index is 1.33. The number of nitrogens with zero attached hydrogens (tertiary/aromatic N) is 5. The van der Waals surface area contributed by atoms with Gasteiger partial charge in [-0.3, -0.25) is 14.2 Å². The third-order valence-electron chi connectivity index (χ3n) is 6.72. The minimum Gasteiger partial charge on any atom is -0.388 e. The number of fused-ring (bicyclic) bond motifs is 1. The van der Waals surface area contributed by atoms with Crippen LogP contribution >= 0.6 is 0 Å². The van der Waals surface area contributed by atoms with Crippen LogP contribution in [-0.4, -0.2) is 66.0 Å². The molecule has 0 unspecified atom stereocenters. The third-order valence-corrected chi connectivity index (χ3v) is 6.72. The van der Waals surface area contributed by atoms with Crippen molar-refractivity contribution in [3.63, 3.8) is 0 Å². The quantitative estimate of drug-likeness (QED) is 0.480. The molecule has 2 aliphatic rings. The van der Waals surface area contributed by atoms with Crippen molar-refractivity contribution in [3.8, 4) is 5.69 Å². The largest absolute Gasteiger partial charge is 0.388 e. The lowest BCUT2D eigenvalue weighted by Gasteiger charge is -2.38. The molecule has 2 aromatic heterocycles. The lowest BCUT2D eigenvalue weighted by molar-refractivity contribution is -0.137. The normalized spacial score (nSPS) is 17.4. The first-order valence-electron chi connectivity index (χ1n) is 12.3. The van der Waals surface area contributed by atoms with Gasteiger partial charge in [-0.2, -0.15) is 5.10 Å². The van der Waals surface area contributed by atoms with E-state index in [9.17, 15) is 19.5 Å². The molecule has 11 heteroatoms. The molecule has 36 heavy (non-hydrogen) atoms. The zero-order valence-corrected chi connectivity index (χ0v) is 20.5. The first-order valence-corrected chi connectivity index (χ1v) is 12.3. The van der Waals surface area contributed by atoms with Gasteiger partial charge in [0.05, 0.1) is 24.0 Å². The van der Waals surface area contributed by atoms with Crippen LogP contribution in [0, 0.1) is 5.92 Å². The van der Waals surface area contributed by atoms with Crippen LogP contribution in [0.4, 0.5) is 10.5 Å². The summed E-state index contributed by atoms with van der Waals surface area (Å²) in [5.41, 5.74) is 0.241. The SMILES string of the molecule is CC(C)NC(=O)Nc1cccc(-n2ncc3c(=O)n(CC4(O)CCN(C(=O)C5CC5)CC4)cnc32)c1. The van der Waals surface area contributed by atoms with Gasteiger partial charge in [0.25, 0.3) is 5.56 Å². The lowest BCUT2D eigenvalue weighted by atomic mass is 9.91. The highest BCUT2D eigenvalue weighted by atomic mass is 16.3. The van der Waals surface area contributed by atoms with Gasteiger partial charge in [-0.1, -0.05) is 6.07 Å². The molecule has 5 rings (SSSR count). The monoisotopic (exact) mass is 493 g/mol. The number of aliphatic hydroxyl groups is 1. The van der Waals surface area contributed by atoms with Crippen LogP contribution < -0.4 is 16.2 Å². The molecular formula is C25H31N7O4. The highest BCUT2D eigenvalue weighted by Crippen LogP contribution is 2.33. The summed E-state index contributed by atoms with van der Waals surface area (Å²) >= 11 is 0. The molecule has 0 bridgehead atoms. The zero-order valence-electron chi connectivity index (χ0n) is 20.5. The van der Waals surface area contributed by atoms with Gasteiger partial charge in [-0.05, 0) is 57.7 Å². The van der Waals surface area contributed by atoms with E-state index in [0.717, 1.165) is 12.8 Å². The van der Waals surface area contributed by atoms with Crippen molar-refractivity contribution >= 4 is 28.7 Å². The molecule has 0 radical (unpaired) electrons. The molecule has 1 saturated heterocycles. The van der Waals surface area contributed by atoms with E-state index in [4.69, 9.17) is 0 Å². The third kappa shape index (κ3) is 4.97. The second kappa shape index (κ2) is 9.38. The molecule has 190 valence electrons. The number of carbonyl (C=O) groups is 2. The average molecular weight is 494 g/mol. The molecule has 1 aliphatic heterocycles. The summed E-state index contributed by atoms with van der Waals surface area (Å²) < 4.78 is 2.96. The maximum atomic E-state index is 13.2. The number of carbonyl (C=O) groups excluding carboxylic acids is 2. The number of anilines is 1. The second-order valence-corrected chi connectivity index (χ2v) is 10.1. The summed E-state index contributed by atoms with van der Waals surface area (Å²) in [7, 11) is 0. The van der Waals surface area contributed by atoms with Crippen molar-refractivity contribution in [2.45, 2.75) is 57.7 Å². The first kappa shape index (κ1) is 24.0. The van der Waals surface area contributed by atoms with Crippen LogP contribution in [0.15, 0.2) is 41.6 Å².